The summed E-state index contributed by atoms with van der Waals surface area (Å²) >= 11 is 0. The van der Waals surface area contributed by atoms with E-state index in [1.165, 1.54) is 78.3 Å². The molecule has 0 N–H and O–H groups in total. The summed E-state index contributed by atoms with van der Waals surface area (Å²) in [5.74, 6) is 4.78. The van der Waals surface area contributed by atoms with Crippen LogP contribution in [0.25, 0.3) is 0 Å². The summed E-state index contributed by atoms with van der Waals surface area (Å²) in [7, 11) is 0. The summed E-state index contributed by atoms with van der Waals surface area (Å²) in [6.07, 6.45) is 21.8. The number of terminal acetylenes is 1. The number of unbranched alkanes of at least 4 members (excludes halogenated alkanes) is 1. The van der Waals surface area contributed by atoms with Crippen molar-refractivity contribution in [3.63, 3.8) is 0 Å². The zero-order chi connectivity index (χ0) is 35.7. The van der Waals surface area contributed by atoms with E-state index in [4.69, 9.17) is 6.42 Å². The molecule has 0 aliphatic heterocycles. The third kappa shape index (κ3) is 25.7. The summed E-state index contributed by atoms with van der Waals surface area (Å²) < 4.78 is 0. The van der Waals surface area contributed by atoms with Gasteiger partial charge in [0, 0.05) is 12.0 Å². The predicted octanol–water partition coefficient (Wildman–Crippen LogP) is 15.0. The summed E-state index contributed by atoms with van der Waals surface area (Å²) in [5, 5.41) is 0. The van der Waals surface area contributed by atoms with E-state index in [-0.39, 0.29) is 0 Å². The predicted molar refractivity (Wildman–Crippen MR) is 211 cm³/mol. The van der Waals surface area contributed by atoms with Crippen LogP contribution in [0.15, 0.2) is 86.6 Å². The van der Waals surface area contributed by atoms with Gasteiger partial charge in [-0.3, -0.25) is 0 Å². The van der Waals surface area contributed by atoms with Gasteiger partial charge in [-0.25, -0.2) is 0 Å². The van der Waals surface area contributed by atoms with Crippen molar-refractivity contribution in [2.45, 2.75) is 147 Å². The van der Waals surface area contributed by atoms with Crippen LogP contribution < -0.4 is 0 Å². The highest BCUT2D eigenvalue weighted by atomic mass is 14.2. The van der Waals surface area contributed by atoms with Crippen LogP contribution in [0.4, 0.5) is 0 Å². The summed E-state index contributed by atoms with van der Waals surface area (Å²) in [6.45, 7) is 47.6. The van der Waals surface area contributed by atoms with Gasteiger partial charge in [0.05, 0.1) is 0 Å². The van der Waals surface area contributed by atoms with Crippen molar-refractivity contribution >= 4 is 0 Å². The molecule has 1 aliphatic carbocycles. The maximum atomic E-state index is 5.36. The van der Waals surface area contributed by atoms with Crippen LogP contribution in [0.3, 0.4) is 0 Å². The Labute approximate surface area is 279 Å². The van der Waals surface area contributed by atoms with Gasteiger partial charge in [-0.15, -0.1) is 45.9 Å². The highest BCUT2D eigenvalue weighted by Gasteiger charge is 2.15. The van der Waals surface area contributed by atoms with Crippen LogP contribution in [-0.4, -0.2) is 0 Å². The van der Waals surface area contributed by atoms with Gasteiger partial charge in [0.1, 0.15) is 0 Å². The summed E-state index contributed by atoms with van der Waals surface area (Å²) in [6, 6.07) is 4.53. The first kappa shape index (κ1) is 50.8. The second-order valence-corrected chi connectivity index (χ2v) is 10.9. The number of hydrogen-bond donors (Lipinski definition) is 0. The molecule has 3 unspecified atom stereocenters. The number of rotatable bonds is 11. The Bertz CT molecular complexity index is 928. The molecule has 0 radical (unpaired) electrons. The van der Waals surface area contributed by atoms with Crippen LogP contribution in [0.1, 0.15) is 149 Å². The van der Waals surface area contributed by atoms with E-state index < -0.39 is 0 Å². The normalized spacial score (nSPS) is 12.4. The molecule has 0 saturated heterocycles. The second-order valence-electron chi connectivity index (χ2n) is 10.9. The number of aryl methyl sites for hydroxylation is 3. The third-order valence-corrected chi connectivity index (χ3v) is 7.21. The fraction of sp³-hybridized carbons (Fsp3) is 0.545. The molecule has 0 aromatic heterocycles. The molecule has 0 fully saturated rings. The van der Waals surface area contributed by atoms with Gasteiger partial charge in [-0.2, -0.15) is 0 Å². The highest BCUT2D eigenvalue weighted by molar-refractivity contribution is 5.41. The lowest BCUT2D eigenvalue weighted by Crippen LogP contribution is -2.01. The van der Waals surface area contributed by atoms with Gasteiger partial charge in [-0.1, -0.05) is 135 Å². The van der Waals surface area contributed by atoms with Crippen molar-refractivity contribution in [2.24, 2.45) is 11.8 Å². The topological polar surface area (TPSA) is 0 Å². The van der Waals surface area contributed by atoms with Crippen molar-refractivity contribution in [3.05, 3.63) is 109 Å². The number of hydrogen-bond acceptors (Lipinski definition) is 0. The molecule has 0 heterocycles. The van der Waals surface area contributed by atoms with Gasteiger partial charge in [-0.05, 0) is 87.0 Å². The number of allylic oxidation sites excluding steroid dienone is 6. The minimum absolute atomic E-state index is 0.458. The van der Waals surface area contributed by atoms with Crippen molar-refractivity contribution in [1.29, 1.82) is 0 Å². The van der Waals surface area contributed by atoms with Crippen LogP contribution >= 0.6 is 0 Å². The maximum absolute atomic E-state index is 5.36. The van der Waals surface area contributed by atoms with E-state index in [1.54, 1.807) is 0 Å². The van der Waals surface area contributed by atoms with Crippen LogP contribution in [0.2, 0.25) is 0 Å². The first-order valence-electron chi connectivity index (χ1n) is 17.2. The molecule has 0 amide bonds. The Balaban J connectivity index is -0.000000156. The average Bonchev–Trinajstić information content (AvgIpc) is 3.53. The van der Waals surface area contributed by atoms with E-state index >= 15 is 0 Å². The summed E-state index contributed by atoms with van der Waals surface area (Å²) in [5.41, 5.74) is 9.52. The molecule has 0 nitrogen and oxygen atoms in total. The zero-order valence-electron chi connectivity index (χ0n) is 32.1. The minimum atomic E-state index is 0.458. The van der Waals surface area contributed by atoms with Crippen molar-refractivity contribution in [3.8, 4) is 12.3 Å². The van der Waals surface area contributed by atoms with E-state index in [2.05, 4.69) is 132 Å². The average molecular weight is 605 g/mol. The number of benzene rings is 1. The highest BCUT2D eigenvalue weighted by Crippen LogP contribution is 2.30. The van der Waals surface area contributed by atoms with Crippen molar-refractivity contribution in [2.75, 3.05) is 0 Å². The quantitative estimate of drug-likeness (QED) is 0.174. The molecule has 3 atom stereocenters. The smallest absolute Gasteiger partial charge is 0.00582 e. The summed E-state index contributed by atoms with van der Waals surface area (Å²) in [4.78, 5) is 0. The lowest BCUT2D eigenvalue weighted by molar-refractivity contribution is 0.502. The van der Waals surface area contributed by atoms with Crippen molar-refractivity contribution < 1.29 is 0 Å². The zero-order valence-corrected chi connectivity index (χ0v) is 32.1. The van der Waals surface area contributed by atoms with Gasteiger partial charge >= 0.3 is 0 Å². The molecule has 44 heavy (non-hydrogen) atoms. The lowest BCUT2D eigenvalue weighted by Gasteiger charge is -2.15. The van der Waals surface area contributed by atoms with E-state index in [1.807, 2.05) is 33.8 Å². The molecule has 0 bridgehead atoms. The Hall–Kier alpha value is -2.78. The van der Waals surface area contributed by atoms with Crippen LogP contribution in [0, 0.1) is 45.0 Å². The minimum Gasteiger partial charge on any atom is -0.115 e. The molecule has 1 aliphatic rings. The fourth-order valence-corrected chi connectivity index (χ4v) is 4.78. The van der Waals surface area contributed by atoms with Gasteiger partial charge in [0.2, 0.25) is 0 Å². The maximum Gasteiger partial charge on any atom is 0.00582 e. The largest absolute Gasteiger partial charge is 0.115 e. The van der Waals surface area contributed by atoms with Gasteiger partial charge in [0.25, 0.3) is 0 Å². The lowest BCUT2D eigenvalue weighted by atomic mass is 9.90. The third-order valence-electron chi connectivity index (χ3n) is 7.21. The van der Waals surface area contributed by atoms with Crippen LogP contribution in [0.5, 0.6) is 0 Å². The Morgan fingerprint density at radius 2 is 1.39 bits per heavy atom. The SMILES string of the molecule is C#CC1=CC=C(C(CC)CCC)C1.C=C.C=C.C=C(C)CC(C)CCCC.C=CC(C)c1cc(C)c(C)cc1C.CC.CC. The second kappa shape index (κ2) is 36.4. The molecule has 0 heteroatoms. The molecule has 0 spiro atoms. The molecule has 1 aromatic carbocycles. The monoisotopic (exact) mass is 605 g/mol. The standard InChI is InChI=1S/2C13H18.C10H20.2C2H6.2C2H4/c1-6-9(2)13-8-11(4)10(3)7-12(13)5;1-4-7-12(6-3)13-9-8-11(5-2)10-13;1-5-6-7-10(4)8-9(2)3;4*1-2/h6-9H,1H2,2-5H3;2,8-9,12H,4,6-7,10H2,1,3H3;10H,2,5-8H2,1,3-4H3;2*1-2H3;2*1-2H2. The first-order chi connectivity index (χ1) is 21.0. The van der Waals surface area contributed by atoms with E-state index in [0.29, 0.717) is 5.92 Å². The Morgan fingerprint density at radius 1 is 0.864 bits per heavy atom. The molecule has 1 aromatic rings. The molecule has 2 rings (SSSR count). The molecule has 252 valence electrons. The van der Waals surface area contributed by atoms with Crippen molar-refractivity contribution in [1.82, 2.24) is 0 Å². The van der Waals surface area contributed by atoms with E-state index in [0.717, 1.165) is 23.8 Å². The van der Waals surface area contributed by atoms with Gasteiger partial charge < -0.3 is 0 Å². The first-order valence-corrected chi connectivity index (χ1v) is 17.2. The molecule has 0 saturated carbocycles. The van der Waals surface area contributed by atoms with Gasteiger partial charge in [0.15, 0.2) is 0 Å². The Morgan fingerprint density at radius 3 is 1.77 bits per heavy atom. The Kier molecular flexibility index (Phi) is 42.1. The molecular weight excluding hydrogens is 528 g/mol. The fourth-order valence-electron chi connectivity index (χ4n) is 4.78. The molecular formula is C44H76. The van der Waals surface area contributed by atoms with E-state index in [9.17, 15) is 0 Å². The van der Waals surface area contributed by atoms with Crippen LogP contribution in [-0.2, 0) is 0 Å².